The van der Waals surface area contributed by atoms with Gasteiger partial charge in [0.2, 0.25) is 0 Å². The van der Waals surface area contributed by atoms with Crippen molar-refractivity contribution in [3.05, 3.63) is 53.6 Å². The highest BCUT2D eigenvalue weighted by atomic mass is 16.5. The van der Waals surface area contributed by atoms with Crippen LogP contribution in [0.1, 0.15) is 34.5 Å². The molecule has 0 atom stereocenters. The van der Waals surface area contributed by atoms with Gasteiger partial charge in [0, 0.05) is 23.9 Å². The molecule has 0 aliphatic heterocycles. The zero-order valence-electron chi connectivity index (χ0n) is 11.1. The van der Waals surface area contributed by atoms with Crippen LogP contribution in [0, 0.1) is 0 Å². The molecule has 1 aromatic heterocycles. The van der Waals surface area contributed by atoms with Crippen LogP contribution in [0.25, 0.3) is 6.08 Å². The first kappa shape index (κ1) is 12.7. The normalized spacial score (nSPS) is 13.3. The average molecular weight is 268 g/mol. The number of H-pyrrole nitrogens is 1. The number of nitrogens with one attached hydrogen (secondary N) is 1. The molecule has 4 nitrogen and oxygen atoms in total. The molecule has 0 saturated carbocycles. The van der Waals surface area contributed by atoms with Gasteiger partial charge in [0.1, 0.15) is 5.75 Å². The van der Waals surface area contributed by atoms with Crippen LogP contribution in [0.5, 0.6) is 5.75 Å². The number of Topliss-reactive ketones (excluding diaryl/α,β-unsaturated/α-hetero) is 1. The Morgan fingerprint density at radius 2 is 2.30 bits per heavy atom. The quantitative estimate of drug-likeness (QED) is 0.848. The van der Waals surface area contributed by atoms with Crippen molar-refractivity contribution in [1.82, 2.24) is 9.97 Å². The van der Waals surface area contributed by atoms with E-state index in [1.54, 1.807) is 6.33 Å². The summed E-state index contributed by atoms with van der Waals surface area (Å²) in [5.74, 6) is 0.987. The first-order valence-electron chi connectivity index (χ1n) is 6.77. The summed E-state index contributed by atoms with van der Waals surface area (Å²) in [4.78, 5) is 18.7. The third kappa shape index (κ3) is 2.79. The number of benzene rings is 1. The van der Waals surface area contributed by atoms with Crippen LogP contribution in [0.15, 0.2) is 36.8 Å². The average Bonchev–Trinajstić information content (AvgIpc) is 2.97. The summed E-state index contributed by atoms with van der Waals surface area (Å²) in [6, 6.07) is 5.65. The van der Waals surface area contributed by atoms with Crippen molar-refractivity contribution in [1.29, 1.82) is 0 Å². The Hall–Kier alpha value is -2.36. The lowest BCUT2D eigenvalue weighted by atomic mass is 9.96. The fourth-order valence-electron chi connectivity index (χ4n) is 2.30. The van der Waals surface area contributed by atoms with Crippen LogP contribution in [0.2, 0.25) is 0 Å². The van der Waals surface area contributed by atoms with Crippen molar-refractivity contribution in [2.75, 3.05) is 6.61 Å². The fraction of sp³-hybridized carbons (Fsp3) is 0.250. The van der Waals surface area contributed by atoms with E-state index < -0.39 is 0 Å². The molecule has 0 saturated heterocycles. The van der Waals surface area contributed by atoms with Gasteiger partial charge in [0.05, 0.1) is 12.9 Å². The number of carbonyl (C=O) groups excluding carboxylic acids is 1. The van der Waals surface area contributed by atoms with Crippen LogP contribution in [-0.2, 0) is 6.42 Å². The third-order valence-electron chi connectivity index (χ3n) is 3.34. The number of aromatic amines is 1. The predicted octanol–water partition coefficient (Wildman–Crippen LogP) is 3.02. The number of ketones is 1. The molecular formula is C16H16N2O2. The number of aryl methyl sites for hydroxylation is 1. The van der Waals surface area contributed by atoms with Crippen molar-refractivity contribution < 1.29 is 9.53 Å². The molecule has 0 bridgehead atoms. The Morgan fingerprint density at radius 3 is 3.15 bits per heavy atom. The molecule has 1 heterocycles. The van der Waals surface area contributed by atoms with Crippen molar-refractivity contribution in [2.45, 2.75) is 19.3 Å². The van der Waals surface area contributed by atoms with Crippen LogP contribution < -0.4 is 4.74 Å². The van der Waals surface area contributed by atoms with Crippen LogP contribution in [-0.4, -0.2) is 22.4 Å². The fourth-order valence-corrected chi connectivity index (χ4v) is 2.30. The Bertz CT molecular complexity index is 630. The number of hydrogen-bond acceptors (Lipinski definition) is 3. The molecule has 2 aromatic rings. The molecule has 4 heteroatoms. The molecule has 0 unspecified atom stereocenters. The van der Waals surface area contributed by atoms with Crippen LogP contribution in [0.3, 0.4) is 0 Å². The van der Waals surface area contributed by atoms with E-state index in [1.165, 1.54) is 0 Å². The minimum atomic E-state index is 0.174. The number of carbonyl (C=O) groups is 1. The lowest BCUT2D eigenvalue weighted by Gasteiger charge is -2.12. The number of imidazole rings is 1. The molecule has 0 amide bonds. The van der Waals surface area contributed by atoms with Crippen LogP contribution in [0.4, 0.5) is 0 Å². The Morgan fingerprint density at radius 1 is 1.35 bits per heavy atom. The van der Waals surface area contributed by atoms with Crippen molar-refractivity contribution in [3.8, 4) is 5.75 Å². The molecule has 1 N–H and O–H groups in total. The van der Waals surface area contributed by atoms with Gasteiger partial charge in [-0.15, -0.1) is 0 Å². The molecule has 1 aliphatic rings. The second kappa shape index (κ2) is 5.74. The van der Waals surface area contributed by atoms with Gasteiger partial charge in [-0.25, -0.2) is 4.98 Å². The first-order chi connectivity index (χ1) is 9.83. The Labute approximate surface area is 117 Å². The number of hydrogen-bond donors (Lipinski definition) is 1. The maximum atomic E-state index is 11.7. The van der Waals surface area contributed by atoms with Crippen molar-refractivity contribution >= 4 is 11.9 Å². The topological polar surface area (TPSA) is 55.0 Å². The molecule has 0 spiro atoms. The zero-order valence-corrected chi connectivity index (χ0v) is 11.1. The Balaban J connectivity index is 1.56. The van der Waals surface area contributed by atoms with E-state index in [0.717, 1.165) is 35.4 Å². The number of allylic oxidation sites excluding steroid dienone is 1. The van der Waals surface area contributed by atoms with Gasteiger partial charge >= 0.3 is 0 Å². The third-order valence-corrected chi connectivity index (χ3v) is 3.34. The van der Waals surface area contributed by atoms with E-state index in [-0.39, 0.29) is 5.78 Å². The maximum Gasteiger partial charge on any atom is 0.167 e. The summed E-state index contributed by atoms with van der Waals surface area (Å²) in [5, 5.41) is 0. The Kier molecular flexibility index (Phi) is 3.63. The minimum Gasteiger partial charge on any atom is -0.494 e. The lowest BCUT2D eigenvalue weighted by Crippen LogP contribution is -2.05. The smallest absolute Gasteiger partial charge is 0.167 e. The molecule has 102 valence electrons. The summed E-state index contributed by atoms with van der Waals surface area (Å²) >= 11 is 0. The molecule has 0 radical (unpaired) electrons. The molecule has 1 aromatic carbocycles. The largest absolute Gasteiger partial charge is 0.494 e. The van der Waals surface area contributed by atoms with Gasteiger partial charge in [-0.3, -0.25) is 4.79 Å². The second-order valence-electron chi connectivity index (χ2n) is 4.81. The van der Waals surface area contributed by atoms with Crippen LogP contribution >= 0.6 is 0 Å². The maximum absolute atomic E-state index is 11.7. The highest BCUT2D eigenvalue weighted by molar-refractivity contribution is 6.02. The van der Waals surface area contributed by atoms with Crippen molar-refractivity contribution in [2.24, 2.45) is 0 Å². The van der Waals surface area contributed by atoms with E-state index in [0.29, 0.717) is 13.0 Å². The second-order valence-corrected chi connectivity index (χ2v) is 4.81. The summed E-state index contributed by atoms with van der Waals surface area (Å²) in [5.41, 5.74) is 2.86. The van der Waals surface area contributed by atoms with E-state index in [9.17, 15) is 4.79 Å². The number of aromatic nitrogens is 2. The van der Waals surface area contributed by atoms with Gasteiger partial charge in [-0.05, 0) is 36.6 Å². The molecule has 20 heavy (non-hydrogen) atoms. The van der Waals surface area contributed by atoms with Gasteiger partial charge in [0.15, 0.2) is 5.78 Å². The van der Waals surface area contributed by atoms with Gasteiger partial charge in [-0.1, -0.05) is 12.2 Å². The van der Waals surface area contributed by atoms with Gasteiger partial charge in [-0.2, -0.15) is 0 Å². The molecule has 1 aliphatic carbocycles. The number of fused-ring (bicyclic) bond motifs is 1. The predicted molar refractivity (Wildman–Crippen MR) is 76.8 cm³/mol. The number of rotatable bonds is 5. The van der Waals surface area contributed by atoms with E-state index >= 15 is 0 Å². The van der Waals surface area contributed by atoms with Crippen molar-refractivity contribution in [3.63, 3.8) is 0 Å². The monoisotopic (exact) mass is 268 g/mol. The molecular weight excluding hydrogens is 252 g/mol. The summed E-state index contributed by atoms with van der Waals surface area (Å²) in [7, 11) is 0. The lowest BCUT2D eigenvalue weighted by molar-refractivity contribution is 0.0994. The summed E-state index contributed by atoms with van der Waals surface area (Å²) in [6.45, 7) is 0.648. The molecule has 0 fully saturated rings. The SMILES string of the molecule is O=C1CC=Cc2cc(OCCCc3cnc[nH]3)ccc21. The first-order valence-corrected chi connectivity index (χ1v) is 6.77. The summed E-state index contributed by atoms with van der Waals surface area (Å²) in [6.07, 6.45) is 9.73. The minimum absolute atomic E-state index is 0.174. The van der Waals surface area contributed by atoms with E-state index in [1.807, 2.05) is 36.5 Å². The number of nitrogens with zero attached hydrogens (tertiary/aromatic N) is 1. The highest BCUT2D eigenvalue weighted by Gasteiger charge is 2.13. The zero-order chi connectivity index (χ0) is 13.8. The number of ether oxygens (including phenoxy) is 1. The standard InChI is InChI=1S/C16H16N2O2/c19-16-5-1-3-12-9-14(6-7-15(12)16)20-8-2-4-13-10-17-11-18-13/h1,3,6-7,9-11H,2,4-5,8H2,(H,17,18). The highest BCUT2D eigenvalue weighted by Crippen LogP contribution is 2.24. The summed E-state index contributed by atoms with van der Waals surface area (Å²) < 4.78 is 5.73. The molecule has 3 rings (SSSR count). The van der Waals surface area contributed by atoms with Gasteiger partial charge < -0.3 is 9.72 Å². The van der Waals surface area contributed by atoms with E-state index in [2.05, 4.69) is 9.97 Å². The van der Waals surface area contributed by atoms with E-state index in [4.69, 9.17) is 4.74 Å². The van der Waals surface area contributed by atoms with Gasteiger partial charge in [0.25, 0.3) is 0 Å².